The van der Waals surface area contributed by atoms with E-state index in [2.05, 4.69) is 5.32 Å². The highest BCUT2D eigenvalue weighted by molar-refractivity contribution is 7.90. The number of carboxylic acids is 1. The zero-order chi connectivity index (χ0) is 15.8. The first-order valence-electron chi connectivity index (χ1n) is 5.89. The molecule has 1 atom stereocenters. The number of rotatable bonds is 9. The van der Waals surface area contributed by atoms with Gasteiger partial charge in [-0.05, 0) is 6.42 Å². The average molecular weight is 312 g/mol. The van der Waals surface area contributed by atoms with Gasteiger partial charge in [-0.25, -0.2) is 18.0 Å². The van der Waals surface area contributed by atoms with Crippen molar-refractivity contribution in [2.24, 2.45) is 0 Å². The fourth-order valence-corrected chi connectivity index (χ4v) is 2.05. The molecule has 0 rings (SSSR count). The van der Waals surface area contributed by atoms with Crippen LogP contribution in [0.2, 0.25) is 0 Å². The topological polar surface area (TPSA) is 144 Å². The second-order valence-corrected chi connectivity index (χ2v) is 6.45. The van der Waals surface area contributed by atoms with E-state index in [1.807, 2.05) is 0 Å². The minimum atomic E-state index is -3.34. The molecular weight excluding hydrogens is 292 g/mol. The maximum atomic E-state index is 11.7. The highest BCUT2D eigenvalue weighted by atomic mass is 32.2. The van der Waals surface area contributed by atoms with Crippen LogP contribution in [-0.4, -0.2) is 85.0 Å². The molecule has 0 saturated heterocycles. The molecule has 0 saturated carbocycles. The molecule has 9 nitrogen and oxygen atoms in total. The number of urea groups is 1. The lowest BCUT2D eigenvalue weighted by atomic mass is 10.2. The van der Waals surface area contributed by atoms with Gasteiger partial charge in [0.25, 0.3) is 0 Å². The predicted molar refractivity (Wildman–Crippen MR) is 70.0 cm³/mol. The Labute approximate surface area is 117 Å². The molecule has 0 aromatic heterocycles. The Morgan fingerprint density at radius 1 is 1.20 bits per heavy atom. The Hall–Kier alpha value is -1.39. The van der Waals surface area contributed by atoms with E-state index in [1.165, 1.54) is 0 Å². The van der Waals surface area contributed by atoms with Gasteiger partial charge in [0.2, 0.25) is 0 Å². The second-order valence-electron chi connectivity index (χ2n) is 4.19. The van der Waals surface area contributed by atoms with E-state index < -0.39 is 27.9 Å². The summed E-state index contributed by atoms with van der Waals surface area (Å²) in [5.41, 5.74) is 0. The lowest BCUT2D eigenvalue weighted by molar-refractivity contribution is -0.139. The van der Waals surface area contributed by atoms with Crippen LogP contribution < -0.4 is 5.32 Å². The van der Waals surface area contributed by atoms with Gasteiger partial charge in [-0.1, -0.05) is 0 Å². The standard InChI is InChI=1S/C10H20N2O7S/c1-20(18,19)7-2-8(9(15)16)11-10(17)12(3-5-13)4-6-14/h8,13-14H,2-7H2,1H3,(H,11,17)(H,15,16). The fourth-order valence-electron chi connectivity index (χ4n) is 1.39. The molecule has 0 heterocycles. The summed E-state index contributed by atoms with van der Waals surface area (Å²) in [5.74, 6) is -1.72. The van der Waals surface area contributed by atoms with Crippen LogP contribution in [0.5, 0.6) is 0 Å². The van der Waals surface area contributed by atoms with E-state index in [9.17, 15) is 18.0 Å². The van der Waals surface area contributed by atoms with Crippen LogP contribution in [0.3, 0.4) is 0 Å². The number of aliphatic carboxylic acids is 1. The SMILES string of the molecule is CS(=O)(=O)CCC(NC(=O)N(CCO)CCO)C(=O)O. The van der Waals surface area contributed by atoms with Crippen molar-refractivity contribution in [3.8, 4) is 0 Å². The third-order valence-corrected chi connectivity index (χ3v) is 3.38. The summed E-state index contributed by atoms with van der Waals surface area (Å²) in [4.78, 5) is 23.7. The lowest BCUT2D eigenvalue weighted by Gasteiger charge is -2.23. The lowest BCUT2D eigenvalue weighted by Crippen LogP contribution is -2.50. The second kappa shape index (κ2) is 8.72. The number of amides is 2. The zero-order valence-corrected chi connectivity index (χ0v) is 12.0. The number of nitrogens with zero attached hydrogens (tertiary/aromatic N) is 1. The summed E-state index contributed by atoms with van der Waals surface area (Å²) < 4.78 is 22.0. The molecule has 0 aliphatic carbocycles. The Kier molecular flexibility index (Phi) is 8.11. The molecule has 118 valence electrons. The summed E-state index contributed by atoms with van der Waals surface area (Å²) >= 11 is 0. The number of aliphatic hydroxyl groups is 2. The summed E-state index contributed by atoms with van der Waals surface area (Å²) in [7, 11) is -3.34. The van der Waals surface area contributed by atoms with E-state index in [0.29, 0.717) is 0 Å². The van der Waals surface area contributed by atoms with Crippen molar-refractivity contribution in [1.82, 2.24) is 10.2 Å². The van der Waals surface area contributed by atoms with Gasteiger partial charge in [0.15, 0.2) is 0 Å². The van der Waals surface area contributed by atoms with Gasteiger partial charge < -0.3 is 25.5 Å². The molecule has 1 unspecified atom stereocenters. The van der Waals surface area contributed by atoms with Crippen LogP contribution in [0, 0.1) is 0 Å². The molecular formula is C10H20N2O7S. The third-order valence-electron chi connectivity index (χ3n) is 2.40. The molecule has 0 aromatic carbocycles. The molecule has 0 aliphatic heterocycles. The molecule has 2 amide bonds. The molecule has 0 aliphatic rings. The van der Waals surface area contributed by atoms with E-state index in [4.69, 9.17) is 15.3 Å². The van der Waals surface area contributed by atoms with Crippen molar-refractivity contribution >= 4 is 21.8 Å². The van der Waals surface area contributed by atoms with E-state index >= 15 is 0 Å². The monoisotopic (exact) mass is 312 g/mol. The fraction of sp³-hybridized carbons (Fsp3) is 0.800. The normalized spacial score (nSPS) is 12.8. The molecule has 10 heteroatoms. The minimum Gasteiger partial charge on any atom is -0.480 e. The number of nitrogens with one attached hydrogen (secondary N) is 1. The minimum absolute atomic E-state index is 0.0647. The quantitative estimate of drug-likeness (QED) is 0.380. The van der Waals surface area contributed by atoms with Gasteiger partial charge in [-0.15, -0.1) is 0 Å². The van der Waals surface area contributed by atoms with Crippen LogP contribution in [0.25, 0.3) is 0 Å². The molecule has 0 aromatic rings. The Bertz CT molecular complexity index is 417. The maximum Gasteiger partial charge on any atom is 0.326 e. The summed E-state index contributed by atoms with van der Waals surface area (Å²) in [6.07, 6.45) is 0.712. The summed E-state index contributed by atoms with van der Waals surface area (Å²) in [5, 5.41) is 28.6. The smallest absolute Gasteiger partial charge is 0.326 e. The van der Waals surface area contributed by atoms with Crippen LogP contribution >= 0.6 is 0 Å². The largest absolute Gasteiger partial charge is 0.480 e. The Morgan fingerprint density at radius 3 is 2.05 bits per heavy atom. The van der Waals surface area contributed by atoms with Gasteiger partial charge in [0, 0.05) is 19.3 Å². The maximum absolute atomic E-state index is 11.7. The van der Waals surface area contributed by atoms with Gasteiger partial charge in [-0.3, -0.25) is 0 Å². The van der Waals surface area contributed by atoms with Gasteiger partial charge >= 0.3 is 12.0 Å². The number of carbonyl (C=O) groups excluding carboxylic acids is 1. The van der Waals surface area contributed by atoms with Crippen molar-refractivity contribution in [3.63, 3.8) is 0 Å². The third kappa shape index (κ3) is 7.92. The average Bonchev–Trinajstić information content (AvgIpc) is 2.32. The molecule has 4 N–H and O–H groups in total. The van der Waals surface area contributed by atoms with Crippen LogP contribution in [-0.2, 0) is 14.6 Å². The number of hydrogen-bond acceptors (Lipinski definition) is 6. The van der Waals surface area contributed by atoms with Crippen molar-refractivity contribution in [2.75, 3.05) is 38.3 Å². The number of aliphatic hydroxyl groups excluding tert-OH is 2. The van der Waals surface area contributed by atoms with Crippen molar-refractivity contribution < 1.29 is 33.3 Å². The molecule has 0 bridgehead atoms. The molecule has 0 fully saturated rings. The number of carbonyl (C=O) groups is 2. The van der Waals surface area contributed by atoms with Crippen LogP contribution in [0.4, 0.5) is 4.79 Å². The number of hydrogen-bond donors (Lipinski definition) is 4. The first-order valence-corrected chi connectivity index (χ1v) is 7.95. The van der Waals surface area contributed by atoms with Crippen molar-refractivity contribution in [1.29, 1.82) is 0 Å². The molecule has 20 heavy (non-hydrogen) atoms. The molecule has 0 radical (unpaired) electrons. The van der Waals surface area contributed by atoms with Gasteiger partial charge in [0.1, 0.15) is 15.9 Å². The zero-order valence-electron chi connectivity index (χ0n) is 11.2. The van der Waals surface area contributed by atoms with E-state index in [0.717, 1.165) is 11.2 Å². The molecule has 0 spiro atoms. The van der Waals surface area contributed by atoms with Crippen molar-refractivity contribution in [3.05, 3.63) is 0 Å². The highest BCUT2D eigenvalue weighted by Crippen LogP contribution is 1.99. The summed E-state index contributed by atoms with van der Waals surface area (Å²) in [6.45, 7) is -0.807. The van der Waals surface area contributed by atoms with Crippen molar-refractivity contribution in [2.45, 2.75) is 12.5 Å². The highest BCUT2D eigenvalue weighted by Gasteiger charge is 2.24. The van der Waals surface area contributed by atoms with E-state index in [-0.39, 0.29) is 38.5 Å². The first kappa shape index (κ1) is 18.6. The van der Waals surface area contributed by atoms with Crippen LogP contribution in [0.1, 0.15) is 6.42 Å². The number of carboxylic acid groups (broad SMARTS) is 1. The number of sulfone groups is 1. The Morgan fingerprint density at radius 2 is 1.70 bits per heavy atom. The summed E-state index contributed by atoms with van der Waals surface area (Å²) in [6, 6.07) is -2.13. The van der Waals surface area contributed by atoms with Crippen LogP contribution in [0.15, 0.2) is 0 Å². The Balaban J connectivity index is 4.63. The van der Waals surface area contributed by atoms with E-state index in [1.54, 1.807) is 0 Å². The first-order chi connectivity index (χ1) is 9.21. The predicted octanol–water partition coefficient (Wildman–Crippen LogP) is -2.13. The van der Waals surface area contributed by atoms with Gasteiger partial charge in [0.05, 0.1) is 19.0 Å². The van der Waals surface area contributed by atoms with Gasteiger partial charge in [-0.2, -0.15) is 0 Å².